The maximum absolute atomic E-state index is 5.39. The Hall–Kier alpha value is -1.50. The third-order valence-electron chi connectivity index (χ3n) is 2.14. The predicted molar refractivity (Wildman–Crippen MR) is 60.2 cm³/mol. The molecule has 1 fully saturated rings. The fourth-order valence-electron chi connectivity index (χ4n) is 1.23. The highest BCUT2D eigenvalue weighted by Crippen LogP contribution is 2.12. The number of hydrogen-bond donors (Lipinski definition) is 0. The second kappa shape index (κ2) is 5.55. The molecule has 0 aliphatic carbocycles. The lowest BCUT2D eigenvalue weighted by Crippen LogP contribution is -2.07. The monoisotopic (exact) mass is 218 g/mol. The van der Waals surface area contributed by atoms with E-state index in [0.29, 0.717) is 6.61 Å². The Labute approximate surface area is 95.3 Å². The minimum absolute atomic E-state index is 0.263. The van der Waals surface area contributed by atoms with Gasteiger partial charge in [0.1, 0.15) is 11.9 Å². The van der Waals surface area contributed by atoms with Gasteiger partial charge in [0.25, 0.3) is 0 Å². The van der Waals surface area contributed by atoms with Crippen molar-refractivity contribution in [1.29, 1.82) is 0 Å². The van der Waals surface area contributed by atoms with Crippen molar-refractivity contribution < 1.29 is 14.2 Å². The van der Waals surface area contributed by atoms with Crippen LogP contribution in [0.25, 0.3) is 0 Å². The highest BCUT2D eigenvalue weighted by atomic mass is 16.7. The van der Waals surface area contributed by atoms with Crippen LogP contribution in [-0.4, -0.2) is 26.1 Å². The Balaban J connectivity index is 1.72. The first-order chi connectivity index (χ1) is 7.88. The summed E-state index contributed by atoms with van der Waals surface area (Å²) in [5.41, 5.74) is 0.988. The standard InChI is InChI=1S/C13H14O3/c1-2-3-11-4-6-12(7-5-11)16-10-14-8-13-9-15-13/h4-7,13H,8-10H2,1H3. The van der Waals surface area contributed by atoms with E-state index in [0.717, 1.165) is 17.9 Å². The summed E-state index contributed by atoms with van der Waals surface area (Å²) in [7, 11) is 0. The molecule has 3 heteroatoms. The van der Waals surface area contributed by atoms with E-state index < -0.39 is 0 Å². The first-order valence-corrected chi connectivity index (χ1v) is 5.23. The summed E-state index contributed by atoms with van der Waals surface area (Å²) in [4.78, 5) is 0. The van der Waals surface area contributed by atoms with Crippen LogP contribution in [-0.2, 0) is 9.47 Å². The molecule has 0 radical (unpaired) electrons. The van der Waals surface area contributed by atoms with Gasteiger partial charge in [0, 0.05) is 5.56 Å². The normalized spacial score (nSPS) is 17.4. The summed E-state index contributed by atoms with van der Waals surface area (Å²) in [5, 5.41) is 0. The molecule has 0 aromatic heterocycles. The van der Waals surface area contributed by atoms with Gasteiger partial charge in [-0.2, -0.15) is 0 Å². The van der Waals surface area contributed by atoms with Gasteiger partial charge in [-0.25, -0.2) is 0 Å². The Morgan fingerprint density at radius 3 is 2.75 bits per heavy atom. The van der Waals surface area contributed by atoms with Crippen molar-refractivity contribution in [2.24, 2.45) is 0 Å². The highest BCUT2D eigenvalue weighted by Gasteiger charge is 2.22. The summed E-state index contributed by atoms with van der Waals surface area (Å²) in [6.45, 7) is 3.50. The first-order valence-electron chi connectivity index (χ1n) is 5.23. The summed E-state index contributed by atoms with van der Waals surface area (Å²) in [6.07, 6.45) is 0.283. The van der Waals surface area contributed by atoms with Gasteiger partial charge in [0.05, 0.1) is 13.2 Å². The smallest absolute Gasteiger partial charge is 0.189 e. The van der Waals surface area contributed by atoms with E-state index in [-0.39, 0.29) is 12.9 Å². The van der Waals surface area contributed by atoms with Gasteiger partial charge in [-0.05, 0) is 31.2 Å². The van der Waals surface area contributed by atoms with Gasteiger partial charge >= 0.3 is 0 Å². The van der Waals surface area contributed by atoms with Crippen LogP contribution in [0.2, 0.25) is 0 Å². The Kier molecular flexibility index (Phi) is 3.81. The molecule has 84 valence electrons. The van der Waals surface area contributed by atoms with E-state index in [4.69, 9.17) is 14.2 Å². The van der Waals surface area contributed by atoms with Crippen molar-refractivity contribution in [2.45, 2.75) is 13.0 Å². The summed E-state index contributed by atoms with van der Waals surface area (Å²) >= 11 is 0. The zero-order valence-corrected chi connectivity index (χ0v) is 9.23. The molecule has 0 spiro atoms. The van der Waals surface area contributed by atoms with E-state index in [1.807, 2.05) is 31.2 Å². The van der Waals surface area contributed by atoms with E-state index in [9.17, 15) is 0 Å². The van der Waals surface area contributed by atoms with Gasteiger partial charge in [0.2, 0.25) is 0 Å². The highest BCUT2D eigenvalue weighted by molar-refractivity contribution is 5.37. The minimum atomic E-state index is 0.263. The molecular weight excluding hydrogens is 204 g/mol. The molecule has 1 aliphatic rings. The molecule has 1 aliphatic heterocycles. The maximum atomic E-state index is 5.39. The molecule has 1 unspecified atom stereocenters. The van der Waals surface area contributed by atoms with Gasteiger partial charge in [-0.15, -0.1) is 5.92 Å². The third kappa shape index (κ3) is 3.58. The topological polar surface area (TPSA) is 31.0 Å². The van der Waals surface area contributed by atoms with Crippen molar-refractivity contribution in [3.05, 3.63) is 29.8 Å². The number of epoxide rings is 1. The van der Waals surface area contributed by atoms with E-state index in [2.05, 4.69) is 11.8 Å². The number of benzene rings is 1. The fraction of sp³-hybridized carbons (Fsp3) is 0.385. The average Bonchev–Trinajstić information content (AvgIpc) is 3.11. The summed E-state index contributed by atoms with van der Waals surface area (Å²) in [6, 6.07) is 7.62. The second-order valence-electron chi connectivity index (χ2n) is 3.49. The quantitative estimate of drug-likeness (QED) is 0.327. The van der Waals surface area contributed by atoms with Crippen LogP contribution in [0.4, 0.5) is 0 Å². The SMILES string of the molecule is CC#Cc1ccc(OCOCC2CO2)cc1. The molecule has 2 rings (SSSR count). The Morgan fingerprint density at radius 1 is 1.38 bits per heavy atom. The molecule has 1 heterocycles. The van der Waals surface area contributed by atoms with Crippen molar-refractivity contribution in [3.8, 4) is 17.6 Å². The van der Waals surface area contributed by atoms with Crippen molar-refractivity contribution in [1.82, 2.24) is 0 Å². The van der Waals surface area contributed by atoms with Crippen LogP contribution in [0.1, 0.15) is 12.5 Å². The largest absolute Gasteiger partial charge is 0.468 e. The van der Waals surface area contributed by atoms with Crippen LogP contribution in [0.3, 0.4) is 0 Å². The average molecular weight is 218 g/mol. The first kappa shape index (κ1) is 11.0. The molecule has 0 N–H and O–H groups in total. The van der Waals surface area contributed by atoms with Crippen LogP contribution in [0.15, 0.2) is 24.3 Å². The summed E-state index contributed by atoms with van der Waals surface area (Å²) in [5.74, 6) is 6.61. The Bertz CT molecular complexity index is 382. The van der Waals surface area contributed by atoms with Crippen molar-refractivity contribution in [2.75, 3.05) is 20.0 Å². The lowest BCUT2D eigenvalue weighted by atomic mass is 10.2. The maximum Gasteiger partial charge on any atom is 0.189 e. The fourth-order valence-corrected chi connectivity index (χ4v) is 1.23. The van der Waals surface area contributed by atoms with Crippen LogP contribution < -0.4 is 4.74 Å². The lowest BCUT2D eigenvalue weighted by molar-refractivity contribution is 0.00821. The molecule has 1 atom stereocenters. The molecule has 1 aromatic carbocycles. The van der Waals surface area contributed by atoms with E-state index in [1.54, 1.807) is 0 Å². The van der Waals surface area contributed by atoms with E-state index >= 15 is 0 Å². The molecule has 16 heavy (non-hydrogen) atoms. The van der Waals surface area contributed by atoms with E-state index in [1.165, 1.54) is 0 Å². The lowest BCUT2D eigenvalue weighted by Gasteiger charge is -2.05. The van der Waals surface area contributed by atoms with Crippen LogP contribution in [0.5, 0.6) is 5.75 Å². The molecule has 0 bridgehead atoms. The molecule has 0 saturated carbocycles. The molecule has 1 saturated heterocycles. The van der Waals surface area contributed by atoms with Gasteiger partial charge in [0.15, 0.2) is 6.79 Å². The number of rotatable bonds is 5. The molecule has 1 aromatic rings. The second-order valence-corrected chi connectivity index (χ2v) is 3.49. The van der Waals surface area contributed by atoms with Gasteiger partial charge < -0.3 is 14.2 Å². The van der Waals surface area contributed by atoms with Crippen LogP contribution >= 0.6 is 0 Å². The van der Waals surface area contributed by atoms with Crippen LogP contribution in [0, 0.1) is 11.8 Å². The van der Waals surface area contributed by atoms with Gasteiger partial charge in [-0.1, -0.05) is 5.92 Å². The summed E-state index contributed by atoms with van der Waals surface area (Å²) < 4.78 is 15.7. The minimum Gasteiger partial charge on any atom is -0.468 e. The third-order valence-corrected chi connectivity index (χ3v) is 2.14. The van der Waals surface area contributed by atoms with Gasteiger partial charge in [-0.3, -0.25) is 0 Å². The predicted octanol–water partition coefficient (Wildman–Crippen LogP) is 1.81. The molecular formula is C13H14O3. The zero-order chi connectivity index (χ0) is 11.2. The van der Waals surface area contributed by atoms with Crippen molar-refractivity contribution in [3.63, 3.8) is 0 Å². The zero-order valence-electron chi connectivity index (χ0n) is 9.23. The number of ether oxygens (including phenoxy) is 3. The number of hydrogen-bond acceptors (Lipinski definition) is 3. The molecule has 0 amide bonds. The Morgan fingerprint density at radius 2 is 2.12 bits per heavy atom. The van der Waals surface area contributed by atoms with Crippen molar-refractivity contribution >= 4 is 0 Å². The molecule has 3 nitrogen and oxygen atoms in total.